The van der Waals surface area contributed by atoms with Crippen molar-refractivity contribution < 1.29 is 14.3 Å². The van der Waals surface area contributed by atoms with Crippen LogP contribution >= 0.6 is 0 Å². The Morgan fingerprint density at radius 1 is 1.06 bits per heavy atom. The molecule has 8 heteroatoms. The van der Waals surface area contributed by atoms with Crippen molar-refractivity contribution in [1.29, 1.82) is 0 Å². The Morgan fingerprint density at radius 3 is 2.61 bits per heavy atom. The number of nitrogens with one attached hydrogen (secondary N) is 2. The van der Waals surface area contributed by atoms with Gasteiger partial charge in [-0.1, -0.05) is 37.6 Å². The summed E-state index contributed by atoms with van der Waals surface area (Å²) in [6.45, 7) is 3.26. The first kappa shape index (κ1) is 24.0. The number of hydrogen-bond acceptors (Lipinski definition) is 6. The van der Waals surface area contributed by atoms with E-state index in [-0.39, 0.29) is 30.0 Å². The number of hydrogen-bond donors (Lipinski definition) is 2. The number of H-pyrrole nitrogens is 1. The fraction of sp³-hybridized carbons (Fsp3) is 0.360. The molecule has 0 saturated heterocycles. The van der Waals surface area contributed by atoms with Crippen LogP contribution in [0.2, 0.25) is 0 Å². The minimum atomic E-state index is -0.344. The van der Waals surface area contributed by atoms with Crippen LogP contribution in [0.15, 0.2) is 53.3 Å². The van der Waals surface area contributed by atoms with Gasteiger partial charge in [-0.3, -0.25) is 9.59 Å². The molecule has 0 unspecified atom stereocenters. The highest BCUT2D eigenvalue weighted by atomic mass is 16.5. The molecule has 174 valence electrons. The van der Waals surface area contributed by atoms with E-state index in [0.717, 1.165) is 35.5 Å². The number of amides is 1. The molecule has 0 saturated carbocycles. The Kier molecular flexibility index (Phi) is 8.99. The summed E-state index contributed by atoms with van der Waals surface area (Å²) in [5.74, 6) is 1.76. The fourth-order valence-electron chi connectivity index (χ4n) is 3.18. The second kappa shape index (κ2) is 12.4. The van der Waals surface area contributed by atoms with E-state index in [2.05, 4.69) is 27.4 Å². The third kappa shape index (κ3) is 7.45. The number of aromatic amines is 1. The largest absolute Gasteiger partial charge is 0.497 e. The maximum Gasteiger partial charge on any atom is 0.273 e. The molecule has 2 N–H and O–H groups in total. The Balaban J connectivity index is 1.49. The zero-order chi connectivity index (χ0) is 23.5. The number of unbranched alkanes of at least 4 members (excludes halogenated alkanes) is 1. The third-order valence-corrected chi connectivity index (χ3v) is 5.12. The highest BCUT2D eigenvalue weighted by Crippen LogP contribution is 2.20. The van der Waals surface area contributed by atoms with E-state index in [1.165, 1.54) is 0 Å². The first-order valence-corrected chi connectivity index (χ1v) is 11.2. The predicted molar refractivity (Wildman–Crippen MR) is 127 cm³/mol. The number of aromatic nitrogens is 3. The normalized spacial score (nSPS) is 10.6. The summed E-state index contributed by atoms with van der Waals surface area (Å²) >= 11 is 0. The van der Waals surface area contributed by atoms with Crippen LogP contribution in [0.1, 0.15) is 37.4 Å². The molecule has 1 amide bonds. The van der Waals surface area contributed by atoms with Gasteiger partial charge in [-0.25, -0.2) is 0 Å². The summed E-state index contributed by atoms with van der Waals surface area (Å²) in [6.07, 6.45) is 3.13. The zero-order valence-corrected chi connectivity index (χ0v) is 19.1. The zero-order valence-electron chi connectivity index (χ0n) is 19.1. The number of ether oxygens (including phenoxy) is 2. The van der Waals surface area contributed by atoms with Crippen molar-refractivity contribution in [1.82, 2.24) is 20.5 Å². The predicted octanol–water partition coefficient (Wildman–Crippen LogP) is 3.31. The lowest BCUT2D eigenvalue weighted by Crippen LogP contribution is -2.27. The van der Waals surface area contributed by atoms with E-state index in [4.69, 9.17) is 9.47 Å². The van der Waals surface area contributed by atoms with E-state index >= 15 is 0 Å². The van der Waals surface area contributed by atoms with E-state index in [0.29, 0.717) is 25.4 Å². The second-order valence-corrected chi connectivity index (χ2v) is 7.63. The van der Waals surface area contributed by atoms with Crippen molar-refractivity contribution in [3.05, 3.63) is 70.1 Å². The Morgan fingerprint density at radius 2 is 1.88 bits per heavy atom. The van der Waals surface area contributed by atoms with Crippen LogP contribution in [0.3, 0.4) is 0 Å². The molecule has 0 radical (unpaired) electrons. The number of benzene rings is 2. The van der Waals surface area contributed by atoms with Gasteiger partial charge in [0.15, 0.2) is 5.82 Å². The average molecular weight is 451 g/mol. The number of methoxy groups -OCH3 is 1. The van der Waals surface area contributed by atoms with Crippen molar-refractivity contribution in [3.8, 4) is 22.9 Å². The summed E-state index contributed by atoms with van der Waals surface area (Å²) in [6, 6.07) is 15.1. The van der Waals surface area contributed by atoms with Gasteiger partial charge in [0.1, 0.15) is 17.2 Å². The summed E-state index contributed by atoms with van der Waals surface area (Å²) in [5, 5.41) is 11.1. The maximum absolute atomic E-state index is 12.4. The summed E-state index contributed by atoms with van der Waals surface area (Å²) < 4.78 is 10.8. The molecule has 8 nitrogen and oxygen atoms in total. The van der Waals surface area contributed by atoms with Gasteiger partial charge in [0.2, 0.25) is 5.91 Å². The van der Waals surface area contributed by atoms with Crippen LogP contribution < -0.4 is 20.3 Å². The van der Waals surface area contributed by atoms with Gasteiger partial charge in [0, 0.05) is 24.9 Å². The lowest BCUT2D eigenvalue weighted by atomic mass is 10.1. The minimum Gasteiger partial charge on any atom is -0.497 e. The maximum atomic E-state index is 12.4. The van der Waals surface area contributed by atoms with Gasteiger partial charge >= 0.3 is 0 Å². The SMILES string of the molecule is CCCCOc1cccc(-c2nnc(CCC(=O)NCCc3ccc(OC)cc3)c(=O)[nH]2)c1. The van der Waals surface area contributed by atoms with E-state index in [1.54, 1.807) is 7.11 Å². The molecule has 0 fully saturated rings. The smallest absolute Gasteiger partial charge is 0.273 e. The van der Waals surface area contributed by atoms with Gasteiger partial charge in [0.05, 0.1) is 13.7 Å². The molecule has 0 aliphatic carbocycles. The van der Waals surface area contributed by atoms with Crippen LogP contribution in [0.4, 0.5) is 0 Å². The Bertz CT molecular complexity index is 1100. The van der Waals surface area contributed by atoms with Crippen LogP contribution in [0.25, 0.3) is 11.4 Å². The first-order valence-electron chi connectivity index (χ1n) is 11.2. The molecule has 0 atom stereocenters. The molecule has 0 spiro atoms. The summed E-state index contributed by atoms with van der Waals surface area (Å²) in [7, 11) is 1.63. The van der Waals surface area contributed by atoms with Gasteiger partial charge in [-0.2, -0.15) is 0 Å². The Labute approximate surface area is 193 Å². The third-order valence-electron chi connectivity index (χ3n) is 5.12. The molecule has 3 rings (SSSR count). The minimum absolute atomic E-state index is 0.134. The van der Waals surface area contributed by atoms with Crippen LogP contribution in [0, 0.1) is 0 Å². The van der Waals surface area contributed by atoms with Gasteiger partial charge in [-0.15, -0.1) is 10.2 Å². The number of rotatable bonds is 12. The molecule has 3 aromatic rings. The lowest BCUT2D eigenvalue weighted by molar-refractivity contribution is -0.121. The molecule has 0 bridgehead atoms. The fourth-order valence-corrected chi connectivity index (χ4v) is 3.18. The summed E-state index contributed by atoms with van der Waals surface area (Å²) in [4.78, 5) is 27.3. The molecule has 1 aromatic heterocycles. The molecule has 0 aliphatic heterocycles. The van der Waals surface area contributed by atoms with Crippen LogP contribution in [-0.2, 0) is 17.6 Å². The Hall–Kier alpha value is -3.68. The molecule has 33 heavy (non-hydrogen) atoms. The molecule has 2 aromatic carbocycles. The van der Waals surface area contributed by atoms with E-state index < -0.39 is 0 Å². The monoisotopic (exact) mass is 450 g/mol. The number of nitrogens with zero attached hydrogens (tertiary/aromatic N) is 2. The van der Waals surface area contributed by atoms with Crippen molar-refractivity contribution >= 4 is 5.91 Å². The van der Waals surface area contributed by atoms with Gasteiger partial charge < -0.3 is 19.8 Å². The number of carbonyl (C=O) groups excluding carboxylic acids is 1. The standard InChI is InChI=1S/C25H30N4O4/c1-3-4-16-33-21-7-5-6-19(17-21)24-27-25(31)22(28-29-24)12-13-23(30)26-15-14-18-8-10-20(32-2)11-9-18/h5-11,17H,3-4,12-16H2,1-2H3,(H,26,30)(H,27,29,31). The number of aryl methyl sites for hydroxylation is 1. The quantitative estimate of drug-likeness (QED) is 0.410. The van der Waals surface area contributed by atoms with Crippen molar-refractivity contribution in [2.24, 2.45) is 0 Å². The van der Waals surface area contributed by atoms with Crippen LogP contribution in [0.5, 0.6) is 11.5 Å². The molecular weight excluding hydrogens is 420 g/mol. The van der Waals surface area contributed by atoms with E-state index in [1.807, 2.05) is 48.5 Å². The highest BCUT2D eigenvalue weighted by molar-refractivity contribution is 5.76. The molecular formula is C25H30N4O4. The van der Waals surface area contributed by atoms with Crippen LogP contribution in [-0.4, -0.2) is 41.3 Å². The van der Waals surface area contributed by atoms with Gasteiger partial charge in [-0.05, 0) is 42.7 Å². The van der Waals surface area contributed by atoms with Crippen molar-refractivity contribution in [2.75, 3.05) is 20.3 Å². The topological polar surface area (TPSA) is 106 Å². The average Bonchev–Trinajstić information content (AvgIpc) is 2.84. The first-order chi connectivity index (χ1) is 16.1. The van der Waals surface area contributed by atoms with Crippen molar-refractivity contribution in [3.63, 3.8) is 0 Å². The highest BCUT2D eigenvalue weighted by Gasteiger charge is 2.10. The second-order valence-electron chi connectivity index (χ2n) is 7.63. The molecule has 1 heterocycles. The van der Waals surface area contributed by atoms with Gasteiger partial charge in [0.25, 0.3) is 5.56 Å². The summed E-state index contributed by atoms with van der Waals surface area (Å²) in [5.41, 5.74) is 1.72. The molecule has 0 aliphatic rings. The van der Waals surface area contributed by atoms with E-state index in [9.17, 15) is 9.59 Å². The number of carbonyl (C=O) groups is 1. The van der Waals surface area contributed by atoms with Crippen molar-refractivity contribution in [2.45, 2.75) is 39.0 Å². The lowest BCUT2D eigenvalue weighted by Gasteiger charge is -2.08.